The fourth-order valence-electron chi connectivity index (χ4n) is 2.67. The fraction of sp³-hybridized carbons (Fsp3) is 0.143. The second kappa shape index (κ2) is 7.66. The summed E-state index contributed by atoms with van der Waals surface area (Å²) >= 11 is 0. The lowest BCUT2D eigenvalue weighted by atomic mass is 10.1. The van der Waals surface area contributed by atoms with Gasteiger partial charge in [0.25, 0.3) is 0 Å². The second-order valence-corrected chi connectivity index (χ2v) is 5.69. The van der Waals surface area contributed by atoms with Crippen molar-refractivity contribution in [1.82, 2.24) is 10.3 Å². The van der Waals surface area contributed by atoms with Gasteiger partial charge in [-0.2, -0.15) is 0 Å². The number of phenols is 1. The molecule has 1 heterocycles. The van der Waals surface area contributed by atoms with E-state index < -0.39 is 0 Å². The molecule has 3 N–H and O–H groups in total. The quantitative estimate of drug-likeness (QED) is 0.507. The van der Waals surface area contributed by atoms with Crippen LogP contribution in [-0.2, 0) is 6.54 Å². The predicted molar refractivity (Wildman–Crippen MR) is 101 cm³/mol. The van der Waals surface area contributed by atoms with E-state index in [4.69, 9.17) is 0 Å². The van der Waals surface area contributed by atoms with Crippen LogP contribution in [0.25, 0.3) is 21.7 Å². The van der Waals surface area contributed by atoms with E-state index in [1.165, 1.54) is 10.8 Å². The minimum Gasteiger partial charge on any atom is -0.508 e. The molecule has 0 saturated heterocycles. The van der Waals surface area contributed by atoms with Crippen molar-refractivity contribution in [3.63, 3.8) is 0 Å². The third-order valence-corrected chi connectivity index (χ3v) is 3.88. The molecule has 0 saturated carbocycles. The summed E-state index contributed by atoms with van der Waals surface area (Å²) in [6.45, 7) is 3.88. The Kier molecular flexibility index (Phi) is 5.14. The van der Waals surface area contributed by atoms with Crippen LogP contribution in [0.4, 0.5) is 0 Å². The molecule has 0 radical (unpaired) electrons. The van der Waals surface area contributed by atoms with E-state index >= 15 is 0 Å². The summed E-state index contributed by atoms with van der Waals surface area (Å²) in [6.07, 6.45) is 0. The van der Waals surface area contributed by atoms with Gasteiger partial charge >= 0.3 is 0 Å². The van der Waals surface area contributed by atoms with Crippen molar-refractivity contribution >= 4 is 21.7 Å². The Balaban J connectivity index is 0.000000149. The van der Waals surface area contributed by atoms with Crippen LogP contribution in [0.3, 0.4) is 0 Å². The lowest BCUT2D eigenvalue weighted by Gasteiger charge is -1.96. The van der Waals surface area contributed by atoms with Gasteiger partial charge < -0.3 is 15.4 Å². The van der Waals surface area contributed by atoms with Crippen LogP contribution in [0, 0.1) is 0 Å². The van der Waals surface area contributed by atoms with E-state index in [9.17, 15) is 5.11 Å². The van der Waals surface area contributed by atoms with Gasteiger partial charge in [0.15, 0.2) is 0 Å². The lowest BCUT2D eigenvalue weighted by Crippen LogP contribution is -2.11. The highest BCUT2D eigenvalue weighted by atomic mass is 16.3. The molecule has 4 rings (SSSR count). The second-order valence-electron chi connectivity index (χ2n) is 5.69. The van der Waals surface area contributed by atoms with E-state index in [0.717, 1.165) is 29.7 Å². The number of H-pyrrole nitrogens is 1. The van der Waals surface area contributed by atoms with Crippen LogP contribution < -0.4 is 5.32 Å². The molecule has 24 heavy (non-hydrogen) atoms. The summed E-state index contributed by atoms with van der Waals surface area (Å²) in [4.78, 5) is 3.28. The molecule has 0 atom stereocenters. The van der Waals surface area contributed by atoms with Crippen molar-refractivity contribution in [2.75, 3.05) is 6.54 Å². The van der Waals surface area contributed by atoms with E-state index in [2.05, 4.69) is 71.8 Å². The van der Waals surface area contributed by atoms with Gasteiger partial charge in [0.1, 0.15) is 5.75 Å². The molecule has 0 unspecified atom stereocenters. The molecule has 0 bridgehead atoms. The highest BCUT2D eigenvalue weighted by Crippen LogP contribution is 2.20. The third kappa shape index (κ3) is 3.94. The van der Waals surface area contributed by atoms with Crippen molar-refractivity contribution in [2.45, 2.75) is 13.5 Å². The van der Waals surface area contributed by atoms with Crippen molar-refractivity contribution in [2.24, 2.45) is 0 Å². The number of aromatic nitrogens is 1. The molecular weight excluding hydrogens is 296 g/mol. The first kappa shape index (κ1) is 16.1. The molecule has 1 aromatic heterocycles. The molecule has 122 valence electrons. The highest BCUT2D eigenvalue weighted by Gasteiger charge is 2.00. The Morgan fingerprint density at radius 1 is 0.833 bits per heavy atom. The number of benzene rings is 3. The fourth-order valence-corrected chi connectivity index (χ4v) is 2.67. The van der Waals surface area contributed by atoms with Crippen molar-refractivity contribution in [3.8, 4) is 5.75 Å². The third-order valence-electron chi connectivity index (χ3n) is 3.88. The maximum Gasteiger partial charge on any atom is 0.116 e. The molecule has 0 aliphatic carbocycles. The molecule has 0 fully saturated rings. The van der Waals surface area contributed by atoms with E-state index in [0.29, 0.717) is 5.75 Å². The first-order chi connectivity index (χ1) is 11.8. The maximum atomic E-state index is 9.29. The number of fused-ring (bicyclic) bond motifs is 2. The largest absolute Gasteiger partial charge is 0.508 e. The van der Waals surface area contributed by atoms with Crippen LogP contribution in [0.1, 0.15) is 12.6 Å². The predicted octanol–water partition coefficient (Wildman–Crippen LogP) is 4.82. The maximum absolute atomic E-state index is 9.29. The number of aromatic hydroxyl groups is 1. The van der Waals surface area contributed by atoms with Gasteiger partial charge in [0.05, 0.1) is 0 Å². The first-order valence-electron chi connectivity index (χ1n) is 8.21. The van der Waals surface area contributed by atoms with Gasteiger partial charge in [-0.05, 0) is 41.6 Å². The van der Waals surface area contributed by atoms with Gasteiger partial charge in [0, 0.05) is 23.1 Å². The number of hydrogen-bond acceptors (Lipinski definition) is 2. The SMILES string of the molecule is CCNCc1cc2cc(O)ccc2[nH]1.c1ccc2ccccc2c1. The Bertz CT molecular complexity index is 862. The average Bonchev–Trinajstić information content (AvgIpc) is 3.02. The molecule has 0 aliphatic rings. The van der Waals surface area contributed by atoms with Crippen LogP contribution in [0.2, 0.25) is 0 Å². The standard InChI is InChI=1S/C11H14N2O.C10H8/c1-2-12-7-9-5-8-6-10(14)3-4-11(8)13-9;1-2-6-10-8-4-3-7-9(10)5-1/h3-6,12-14H,2,7H2,1H3;1-8H. The smallest absolute Gasteiger partial charge is 0.116 e. The molecule has 0 amide bonds. The summed E-state index contributed by atoms with van der Waals surface area (Å²) in [5.41, 5.74) is 2.21. The summed E-state index contributed by atoms with van der Waals surface area (Å²) in [5, 5.41) is 16.2. The minimum atomic E-state index is 0.312. The summed E-state index contributed by atoms with van der Waals surface area (Å²) in [7, 11) is 0. The molecule has 3 aromatic carbocycles. The van der Waals surface area contributed by atoms with Crippen molar-refractivity contribution in [1.29, 1.82) is 0 Å². The Labute approximate surface area is 142 Å². The summed E-state index contributed by atoms with van der Waals surface area (Å²) in [5.74, 6) is 0.312. The number of rotatable bonds is 3. The monoisotopic (exact) mass is 318 g/mol. The van der Waals surface area contributed by atoms with Crippen LogP contribution >= 0.6 is 0 Å². The molecule has 0 spiro atoms. The van der Waals surface area contributed by atoms with E-state index in [1.54, 1.807) is 12.1 Å². The summed E-state index contributed by atoms with van der Waals surface area (Å²) < 4.78 is 0. The van der Waals surface area contributed by atoms with Gasteiger partial charge in [0.2, 0.25) is 0 Å². The number of phenolic OH excluding ortho intramolecular Hbond substituents is 1. The highest BCUT2D eigenvalue weighted by molar-refractivity contribution is 5.82. The Morgan fingerprint density at radius 3 is 2.04 bits per heavy atom. The van der Waals surface area contributed by atoms with Gasteiger partial charge in [-0.15, -0.1) is 0 Å². The molecular formula is C21H22N2O. The normalized spacial score (nSPS) is 10.5. The minimum absolute atomic E-state index is 0.312. The first-order valence-corrected chi connectivity index (χ1v) is 8.21. The van der Waals surface area contributed by atoms with Crippen LogP contribution in [0.15, 0.2) is 72.8 Å². The zero-order valence-corrected chi connectivity index (χ0v) is 13.8. The molecule has 4 aromatic rings. The van der Waals surface area contributed by atoms with Gasteiger partial charge in [-0.1, -0.05) is 55.5 Å². The molecule has 3 heteroatoms. The van der Waals surface area contributed by atoms with Gasteiger partial charge in [-0.3, -0.25) is 0 Å². The van der Waals surface area contributed by atoms with Crippen LogP contribution in [0.5, 0.6) is 5.75 Å². The van der Waals surface area contributed by atoms with Crippen molar-refractivity contribution < 1.29 is 5.11 Å². The van der Waals surface area contributed by atoms with Crippen LogP contribution in [-0.4, -0.2) is 16.6 Å². The molecule has 3 nitrogen and oxygen atoms in total. The van der Waals surface area contributed by atoms with Crippen molar-refractivity contribution in [3.05, 3.63) is 78.5 Å². The number of nitrogens with one attached hydrogen (secondary N) is 2. The van der Waals surface area contributed by atoms with E-state index in [-0.39, 0.29) is 0 Å². The van der Waals surface area contributed by atoms with Gasteiger partial charge in [-0.25, -0.2) is 0 Å². The zero-order chi connectivity index (χ0) is 16.8. The Hall–Kier alpha value is -2.78. The number of aromatic amines is 1. The summed E-state index contributed by atoms with van der Waals surface area (Å²) in [6, 6.07) is 24.1. The topological polar surface area (TPSA) is 48.0 Å². The number of hydrogen-bond donors (Lipinski definition) is 3. The average molecular weight is 318 g/mol. The lowest BCUT2D eigenvalue weighted by molar-refractivity contribution is 0.476. The van der Waals surface area contributed by atoms with E-state index in [1.807, 2.05) is 6.07 Å². The molecule has 0 aliphatic heterocycles. The Morgan fingerprint density at radius 2 is 1.46 bits per heavy atom. The zero-order valence-electron chi connectivity index (χ0n) is 13.8.